The predicted octanol–water partition coefficient (Wildman–Crippen LogP) is 4.06. The van der Waals surface area contributed by atoms with Crippen LogP contribution in [0.5, 0.6) is 17.5 Å². The molecule has 6 heteroatoms. The molecule has 0 aliphatic rings. The first kappa shape index (κ1) is 13.2. The third-order valence-electron chi connectivity index (χ3n) is 2.23. The van der Waals surface area contributed by atoms with Crippen molar-refractivity contribution < 1.29 is 22.6 Å². The van der Waals surface area contributed by atoms with Crippen molar-refractivity contribution in [2.45, 2.75) is 6.18 Å². The summed E-state index contributed by atoms with van der Waals surface area (Å²) in [7, 11) is 3.18. The molecule has 1 radical (unpaired) electrons. The van der Waals surface area contributed by atoms with Gasteiger partial charge in [-0.3, -0.25) is 0 Å². The van der Waals surface area contributed by atoms with E-state index in [-0.39, 0.29) is 17.5 Å². The zero-order valence-corrected chi connectivity index (χ0v) is 9.65. The third kappa shape index (κ3) is 3.37. The molecule has 0 atom stereocenters. The molecule has 0 fully saturated rings. The van der Waals surface area contributed by atoms with Crippen LogP contribution in [0.1, 0.15) is 5.56 Å². The van der Waals surface area contributed by atoms with Crippen molar-refractivity contribution in [1.29, 1.82) is 0 Å². The number of ether oxygens (including phenoxy) is 2. The number of hydrogen-bond donors (Lipinski definition) is 0. The highest BCUT2D eigenvalue weighted by Crippen LogP contribution is 2.32. The number of nitrogens with zero attached hydrogens (tertiary/aromatic N) is 1. The van der Waals surface area contributed by atoms with Gasteiger partial charge in [-0.1, -0.05) is 12.1 Å². The maximum Gasteiger partial charge on any atom is 0.416 e. The first-order valence-corrected chi connectivity index (χ1v) is 5.23. The molecule has 0 spiro atoms. The van der Waals surface area contributed by atoms with Crippen LogP contribution >= 0.6 is 0 Å². The van der Waals surface area contributed by atoms with Crippen LogP contribution in [-0.4, -0.2) is 4.98 Å². The van der Waals surface area contributed by atoms with Crippen LogP contribution in [0.4, 0.5) is 13.2 Å². The van der Waals surface area contributed by atoms with Crippen LogP contribution in [0.15, 0.2) is 42.5 Å². The van der Waals surface area contributed by atoms with Crippen LogP contribution < -0.4 is 9.47 Å². The van der Waals surface area contributed by atoms with Crippen LogP contribution in [0, 0.1) is 7.11 Å². The number of benzene rings is 1. The van der Waals surface area contributed by atoms with Gasteiger partial charge in [0.1, 0.15) is 12.9 Å². The van der Waals surface area contributed by atoms with Gasteiger partial charge >= 0.3 is 6.18 Å². The van der Waals surface area contributed by atoms with Crippen molar-refractivity contribution in [2.75, 3.05) is 0 Å². The molecule has 0 saturated heterocycles. The van der Waals surface area contributed by atoms with E-state index in [0.717, 1.165) is 12.1 Å². The molecule has 0 saturated carbocycles. The third-order valence-corrected chi connectivity index (χ3v) is 2.23. The Balaban J connectivity index is 2.23. The fraction of sp³-hybridized carbons (Fsp3) is 0.0769. The summed E-state index contributed by atoms with van der Waals surface area (Å²) in [5.74, 6) is 0.383. The average molecular weight is 268 g/mol. The largest absolute Gasteiger partial charge is 0.474 e. The Kier molecular flexibility index (Phi) is 3.59. The summed E-state index contributed by atoms with van der Waals surface area (Å²) < 4.78 is 47.5. The number of rotatable bonds is 3. The highest BCUT2D eigenvalue weighted by atomic mass is 19.4. The zero-order chi connectivity index (χ0) is 13.9. The standard InChI is InChI=1S/C13H9F3NO2/c1-18-11-6-3-7-12(17-11)19-10-5-2-4-9(8-10)13(14,15)16/h2-8H,1H2. The normalized spacial score (nSPS) is 11.2. The highest BCUT2D eigenvalue weighted by Gasteiger charge is 2.30. The van der Waals surface area contributed by atoms with Crippen molar-refractivity contribution in [2.24, 2.45) is 0 Å². The molecule has 1 aromatic carbocycles. The van der Waals surface area contributed by atoms with E-state index < -0.39 is 11.7 Å². The van der Waals surface area contributed by atoms with Gasteiger partial charge in [-0.2, -0.15) is 18.2 Å². The van der Waals surface area contributed by atoms with Crippen LogP contribution in [0.2, 0.25) is 0 Å². The lowest BCUT2D eigenvalue weighted by Crippen LogP contribution is -2.04. The van der Waals surface area contributed by atoms with Crippen LogP contribution in [0.3, 0.4) is 0 Å². The fourth-order valence-corrected chi connectivity index (χ4v) is 1.39. The van der Waals surface area contributed by atoms with E-state index >= 15 is 0 Å². The minimum Gasteiger partial charge on any atom is -0.474 e. The smallest absolute Gasteiger partial charge is 0.416 e. The highest BCUT2D eigenvalue weighted by molar-refractivity contribution is 5.33. The zero-order valence-electron chi connectivity index (χ0n) is 9.65. The maximum absolute atomic E-state index is 12.5. The number of aromatic nitrogens is 1. The van der Waals surface area contributed by atoms with Crippen molar-refractivity contribution in [3.63, 3.8) is 0 Å². The summed E-state index contributed by atoms with van der Waals surface area (Å²) in [6.07, 6.45) is -4.41. The number of hydrogen-bond acceptors (Lipinski definition) is 3. The van der Waals surface area contributed by atoms with Gasteiger partial charge in [-0.05, 0) is 18.2 Å². The number of alkyl halides is 3. The van der Waals surface area contributed by atoms with Gasteiger partial charge in [-0.25, -0.2) is 0 Å². The lowest BCUT2D eigenvalue weighted by atomic mass is 10.2. The van der Waals surface area contributed by atoms with E-state index in [0.29, 0.717) is 0 Å². The average Bonchev–Trinajstić information content (AvgIpc) is 2.38. The Morgan fingerprint density at radius 3 is 2.37 bits per heavy atom. The molecule has 0 aliphatic heterocycles. The van der Waals surface area contributed by atoms with E-state index in [1.54, 1.807) is 12.1 Å². The topological polar surface area (TPSA) is 31.4 Å². The lowest BCUT2D eigenvalue weighted by molar-refractivity contribution is -0.137. The number of pyridine rings is 1. The Morgan fingerprint density at radius 1 is 1.00 bits per heavy atom. The van der Waals surface area contributed by atoms with Gasteiger partial charge < -0.3 is 9.47 Å². The molecule has 2 rings (SSSR count). The van der Waals surface area contributed by atoms with Crippen LogP contribution in [-0.2, 0) is 6.18 Å². The predicted molar refractivity (Wildman–Crippen MR) is 61.7 cm³/mol. The van der Waals surface area contributed by atoms with E-state index in [2.05, 4.69) is 16.8 Å². The Bertz CT molecular complexity index is 570. The minimum atomic E-state index is -4.41. The molecular formula is C13H9F3NO2. The van der Waals surface area contributed by atoms with Gasteiger partial charge in [0, 0.05) is 12.1 Å². The first-order chi connectivity index (χ1) is 8.99. The van der Waals surface area contributed by atoms with E-state index in [9.17, 15) is 13.2 Å². The molecule has 2 aromatic rings. The summed E-state index contributed by atoms with van der Waals surface area (Å²) in [5, 5.41) is 0. The van der Waals surface area contributed by atoms with Crippen molar-refractivity contribution in [1.82, 2.24) is 4.98 Å². The van der Waals surface area contributed by atoms with Gasteiger partial charge in [0.2, 0.25) is 11.8 Å². The van der Waals surface area contributed by atoms with Gasteiger partial charge in [0.05, 0.1) is 5.56 Å². The molecule has 0 amide bonds. The maximum atomic E-state index is 12.5. The Labute approximate surface area is 107 Å². The second-order valence-corrected chi connectivity index (χ2v) is 3.59. The SMILES string of the molecule is [CH2]Oc1cccc(Oc2cccc(C(F)(F)F)c2)n1. The fourth-order valence-electron chi connectivity index (χ4n) is 1.39. The van der Waals surface area contributed by atoms with Gasteiger partial charge in [0.25, 0.3) is 0 Å². The Hall–Kier alpha value is -2.24. The molecule has 1 heterocycles. The first-order valence-electron chi connectivity index (χ1n) is 5.23. The quantitative estimate of drug-likeness (QED) is 0.841. The summed E-state index contributed by atoms with van der Waals surface area (Å²) in [4.78, 5) is 3.89. The molecule has 0 N–H and O–H groups in total. The molecule has 19 heavy (non-hydrogen) atoms. The molecule has 1 aromatic heterocycles. The minimum absolute atomic E-state index is 0.0449. The molecule has 0 bridgehead atoms. The summed E-state index contributed by atoms with van der Waals surface area (Å²) >= 11 is 0. The lowest BCUT2D eigenvalue weighted by Gasteiger charge is -2.09. The summed E-state index contributed by atoms with van der Waals surface area (Å²) in [5.41, 5.74) is -0.783. The van der Waals surface area contributed by atoms with Crippen molar-refractivity contribution in [3.05, 3.63) is 55.1 Å². The van der Waals surface area contributed by atoms with Crippen molar-refractivity contribution in [3.8, 4) is 17.5 Å². The van der Waals surface area contributed by atoms with E-state index in [4.69, 9.17) is 4.74 Å². The second kappa shape index (κ2) is 5.17. The van der Waals surface area contributed by atoms with E-state index in [1.165, 1.54) is 18.2 Å². The van der Waals surface area contributed by atoms with Gasteiger partial charge in [0.15, 0.2) is 0 Å². The molecule has 0 aliphatic carbocycles. The monoisotopic (exact) mass is 268 g/mol. The second-order valence-electron chi connectivity index (χ2n) is 3.59. The molecule has 99 valence electrons. The molecule has 3 nitrogen and oxygen atoms in total. The van der Waals surface area contributed by atoms with Crippen LogP contribution in [0.25, 0.3) is 0 Å². The van der Waals surface area contributed by atoms with Gasteiger partial charge in [-0.15, -0.1) is 0 Å². The van der Waals surface area contributed by atoms with E-state index in [1.807, 2.05) is 0 Å². The Morgan fingerprint density at radius 2 is 1.68 bits per heavy atom. The summed E-state index contributed by atoms with van der Waals surface area (Å²) in [6.45, 7) is 0. The summed E-state index contributed by atoms with van der Waals surface area (Å²) in [6, 6.07) is 9.19. The molecular weight excluding hydrogens is 259 g/mol. The van der Waals surface area contributed by atoms with Crippen molar-refractivity contribution >= 4 is 0 Å². The molecule has 0 unspecified atom stereocenters. The number of halogens is 3.